The number of ether oxygens (including phenoxy) is 2. The van der Waals surface area contributed by atoms with E-state index in [1.807, 2.05) is 60.7 Å². The Morgan fingerprint density at radius 2 is 1.81 bits per heavy atom. The Hall–Kier alpha value is -3.84. The van der Waals surface area contributed by atoms with Crippen LogP contribution in [0, 0.1) is 0 Å². The van der Waals surface area contributed by atoms with Crippen molar-refractivity contribution in [3.8, 4) is 11.5 Å². The topological polar surface area (TPSA) is 72.7 Å². The number of amides is 1. The molecule has 0 saturated carbocycles. The number of rotatable bonds is 6. The van der Waals surface area contributed by atoms with E-state index in [0.717, 1.165) is 16.7 Å². The smallest absolute Gasteiger partial charge is 0.293 e. The van der Waals surface area contributed by atoms with E-state index in [1.54, 1.807) is 25.3 Å². The minimum Gasteiger partial charge on any atom is -0.496 e. The van der Waals surface area contributed by atoms with Gasteiger partial charge in [0.1, 0.15) is 23.7 Å². The van der Waals surface area contributed by atoms with Gasteiger partial charge in [-0.25, -0.2) is 0 Å². The molecular formula is C24H20N2O4S. The van der Waals surface area contributed by atoms with E-state index in [0.29, 0.717) is 23.6 Å². The van der Waals surface area contributed by atoms with Gasteiger partial charge in [0.15, 0.2) is 10.9 Å². The molecule has 3 aromatic carbocycles. The Bertz CT molecular complexity index is 1200. The van der Waals surface area contributed by atoms with Crippen LogP contribution < -0.4 is 20.1 Å². The molecule has 7 heteroatoms. The molecule has 0 atom stereocenters. The van der Waals surface area contributed by atoms with Gasteiger partial charge in [-0.05, 0) is 42.5 Å². The summed E-state index contributed by atoms with van der Waals surface area (Å²) in [7, 11) is 1.63. The van der Waals surface area contributed by atoms with Gasteiger partial charge < -0.3 is 19.2 Å². The first-order chi connectivity index (χ1) is 15.1. The van der Waals surface area contributed by atoms with Crippen molar-refractivity contribution in [1.29, 1.82) is 0 Å². The van der Waals surface area contributed by atoms with Crippen molar-refractivity contribution in [3.63, 3.8) is 0 Å². The molecule has 4 rings (SSSR count). The van der Waals surface area contributed by atoms with Crippen LogP contribution in [-0.2, 0) is 6.61 Å². The number of methoxy groups -OCH3 is 1. The maximum atomic E-state index is 12.4. The van der Waals surface area contributed by atoms with E-state index in [1.165, 1.54) is 0 Å². The molecule has 0 saturated heterocycles. The largest absolute Gasteiger partial charge is 0.496 e. The highest BCUT2D eigenvalue weighted by molar-refractivity contribution is 7.80. The van der Waals surface area contributed by atoms with E-state index < -0.39 is 5.91 Å². The maximum Gasteiger partial charge on any atom is 0.293 e. The normalized spacial score (nSPS) is 10.5. The van der Waals surface area contributed by atoms with Gasteiger partial charge in [0.05, 0.1) is 7.11 Å². The molecule has 1 aromatic heterocycles. The SMILES string of the molecule is COc1ccccc1COc1cccc(NC(=S)NC(=O)c2cc3ccccc3o2)c1. The molecule has 156 valence electrons. The Balaban J connectivity index is 1.36. The average molecular weight is 433 g/mol. The summed E-state index contributed by atoms with van der Waals surface area (Å²) in [5.41, 5.74) is 2.27. The first-order valence-corrected chi connectivity index (χ1v) is 9.99. The number of benzene rings is 3. The van der Waals surface area contributed by atoms with Gasteiger partial charge in [0.25, 0.3) is 5.91 Å². The zero-order valence-electron chi connectivity index (χ0n) is 16.8. The standard InChI is InChI=1S/C24H20N2O4S/c1-28-20-11-4-3-8-17(20)15-29-19-10-6-9-18(14-19)25-24(31)26-23(27)22-13-16-7-2-5-12-21(16)30-22/h2-14H,15H2,1H3,(H2,25,26,27,31). The van der Waals surface area contributed by atoms with Crippen LogP contribution in [0.4, 0.5) is 5.69 Å². The van der Waals surface area contributed by atoms with Gasteiger partial charge in [-0.3, -0.25) is 10.1 Å². The summed E-state index contributed by atoms with van der Waals surface area (Å²) in [5.74, 6) is 1.20. The van der Waals surface area contributed by atoms with Crippen molar-refractivity contribution in [2.45, 2.75) is 6.61 Å². The van der Waals surface area contributed by atoms with Crippen LogP contribution in [0.5, 0.6) is 11.5 Å². The summed E-state index contributed by atoms with van der Waals surface area (Å²) in [6.07, 6.45) is 0. The molecule has 1 heterocycles. The fraction of sp³-hybridized carbons (Fsp3) is 0.0833. The molecular weight excluding hydrogens is 412 g/mol. The molecule has 0 aliphatic rings. The van der Waals surface area contributed by atoms with E-state index in [2.05, 4.69) is 10.6 Å². The predicted octanol–water partition coefficient (Wildman–Crippen LogP) is 5.15. The molecule has 0 unspecified atom stereocenters. The number of para-hydroxylation sites is 2. The van der Waals surface area contributed by atoms with E-state index in [-0.39, 0.29) is 10.9 Å². The first kappa shape index (κ1) is 20.4. The Kier molecular flexibility index (Phi) is 6.14. The third kappa shape index (κ3) is 5.02. The lowest BCUT2D eigenvalue weighted by Gasteiger charge is -2.12. The number of fused-ring (bicyclic) bond motifs is 1. The Morgan fingerprint density at radius 1 is 1.00 bits per heavy atom. The third-order valence-corrected chi connectivity index (χ3v) is 4.76. The summed E-state index contributed by atoms with van der Waals surface area (Å²) in [6, 6.07) is 24.1. The molecule has 1 amide bonds. The number of anilines is 1. The molecule has 0 spiro atoms. The number of carbonyl (C=O) groups excluding carboxylic acids is 1. The van der Waals surface area contributed by atoms with Crippen LogP contribution in [0.3, 0.4) is 0 Å². The fourth-order valence-corrected chi connectivity index (χ4v) is 3.28. The quantitative estimate of drug-likeness (QED) is 0.411. The van der Waals surface area contributed by atoms with Crippen molar-refractivity contribution in [1.82, 2.24) is 5.32 Å². The molecule has 2 N–H and O–H groups in total. The summed E-state index contributed by atoms with van der Waals surface area (Å²) < 4.78 is 16.8. The minimum absolute atomic E-state index is 0.160. The molecule has 0 bridgehead atoms. The van der Waals surface area contributed by atoms with E-state index >= 15 is 0 Å². The second-order valence-corrected chi connectivity index (χ2v) is 7.09. The monoisotopic (exact) mass is 432 g/mol. The maximum absolute atomic E-state index is 12.4. The van der Waals surface area contributed by atoms with Gasteiger partial charge in [-0.15, -0.1) is 0 Å². The fourth-order valence-electron chi connectivity index (χ4n) is 3.07. The molecule has 0 aliphatic carbocycles. The lowest BCUT2D eigenvalue weighted by molar-refractivity contribution is 0.0953. The molecule has 0 radical (unpaired) electrons. The summed E-state index contributed by atoms with van der Waals surface area (Å²) >= 11 is 5.27. The minimum atomic E-state index is -0.419. The van der Waals surface area contributed by atoms with Gasteiger partial charge >= 0.3 is 0 Å². The van der Waals surface area contributed by atoms with Gasteiger partial charge in [0.2, 0.25) is 0 Å². The number of nitrogens with one attached hydrogen (secondary N) is 2. The van der Waals surface area contributed by atoms with Crippen LogP contribution in [-0.4, -0.2) is 18.1 Å². The van der Waals surface area contributed by atoms with E-state index in [9.17, 15) is 4.79 Å². The summed E-state index contributed by atoms with van der Waals surface area (Å²) in [6.45, 7) is 0.362. The van der Waals surface area contributed by atoms with Crippen molar-refractivity contribution in [2.75, 3.05) is 12.4 Å². The van der Waals surface area contributed by atoms with Crippen molar-refractivity contribution >= 4 is 39.9 Å². The third-order valence-electron chi connectivity index (χ3n) is 4.56. The highest BCUT2D eigenvalue weighted by Gasteiger charge is 2.13. The zero-order valence-corrected chi connectivity index (χ0v) is 17.6. The van der Waals surface area contributed by atoms with Gasteiger partial charge in [-0.1, -0.05) is 42.5 Å². The number of hydrogen-bond donors (Lipinski definition) is 2. The highest BCUT2D eigenvalue weighted by atomic mass is 32.1. The second-order valence-electron chi connectivity index (χ2n) is 6.69. The average Bonchev–Trinajstić information content (AvgIpc) is 3.22. The molecule has 6 nitrogen and oxygen atoms in total. The van der Waals surface area contributed by atoms with Crippen molar-refractivity contribution in [3.05, 3.63) is 90.2 Å². The highest BCUT2D eigenvalue weighted by Crippen LogP contribution is 2.22. The molecule has 4 aromatic rings. The number of furan rings is 1. The molecule has 0 aliphatic heterocycles. The lowest BCUT2D eigenvalue weighted by atomic mass is 10.2. The second kappa shape index (κ2) is 9.32. The van der Waals surface area contributed by atoms with Crippen LogP contribution in [0.1, 0.15) is 16.1 Å². The lowest BCUT2D eigenvalue weighted by Crippen LogP contribution is -2.33. The summed E-state index contributed by atoms with van der Waals surface area (Å²) in [5, 5.41) is 6.63. The number of carbonyl (C=O) groups is 1. The van der Waals surface area contributed by atoms with Crippen molar-refractivity contribution < 1.29 is 18.7 Å². The Morgan fingerprint density at radius 3 is 2.65 bits per heavy atom. The number of thiocarbonyl (C=S) groups is 1. The summed E-state index contributed by atoms with van der Waals surface area (Å²) in [4.78, 5) is 12.4. The van der Waals surface area contributed by atoms with Crippen LogP contribution >= 0.6 is 12.2 Å². The van der Waals surface area contributed by atoms with Crippen LogP contribution in [0.25, 0.3) is 11.0 Å². The molecule has 31 heavy (non-hydrogen) atoms. The van der Waals surface area contributed by atoms with Crippen LogP contribution in [0.15, 0.2) is 83.3 Å². The molecule has 0 fully saturated rings. The zero-order chi connectivity index (χ0) is 21.6. The van der Waals surface area contributed by atoms with E-state index in [4.69, 9.17) is 26.1 Å². The number of hydrogen-bond acceptors (Lipinski definition) is 5. The first-order valence-electron chi connectivity index (χ1n) is 9.58. The van der Waals surface area contributed by atoms with Gasteiger partial charge in [-0.2, -0.15) is 0 Å². The van der Waals surface area contributed by atoms with Crippen LogP contribution in [0.2, 0.25) is 0 Å². The Labute approximate surface area is 184 Å². The van der Waals surface area contributed by atoms with Crippen molar-refractivity contribution in [2.24, 2.45) is 0 Å². The van der Waals surface area contributed by atoms with Gasteiger partial charge in [0, 0.05) is 22.7 Å². The predicted molar refractivity (Wildman–Crippen MR) is 124 cm³/mol.